The first kappa shape index (κ1) is 12.2. The second-order valence-corrected chi connectivity index (χ2v) is 3.62. The molecule has 82 valence electrons. The second kappa shape index (κ2) is 4.75. The molecular formula is C7H5F2IN2O3. The van der Waals surface area contributed by atoms with Crippen molar-refractivity contribution in [2.24, 2.45) is 0 Å². The average Bonchev–Trinajstić information content (AvgIpc) is 2.16. The Morgan fingerprint density at radius 1 is 1.67 bits per heavy atom. The molecule has 0 saturated heterocycles. The van der Waals surface area contributed by atoms with Crippen LogP contribution < -0.4 is 0 Å². The molecule has 1 N–H and O–H groups in total. The minimum absolute atomic E-state index is 0.0575. The third-order valence-corrected chi connectivity index (χ3v) is 2.84. The summed E-state index contributed by atoms with van der Waals surface area (Å²) in [4.78, 5) is 13.0. The fourth-order valence-corrected chi connectivity index (χ4v) is 1.82. The maximum atomic E-state index is 12.4. The molecule has 15 heavy (non-hydrogen) atoms. The van der Waals surface area contributed by atoms with Gasteiger partial charge in [-0.1, -0.05) is 0 Å². The van der Waals surface area contributed by atoms with Gasteiger partial charge in [0.2, 0.25) is 0 Å². The zero-order chi connectivity index (χ0) is 11.6. The van der Waals surface area contributed by atoms with Gasteiger partial charge in [-0.05, 0) is 32.5 Å². The molecule has 0 unspecified atom stereocenters. The van der Waals surface area contributed by atoms with Crippen LogP contribution in [0.4, 0.5) is 14.6 Å². The summed E-state index contributed by atoms with van der Waals surface area (Å²) in [6.45, 7) is -0.679. The summed E-state index contributed by atoms with van der Waals surface area (Å²) < 4.78 is 24.7. The molecule has 0 saturated carbocycles. The van der Waals surface area contributed by atoms with Crippen molar-refractivity contribution in [1.29, 1.82) is 0 Å². The number of pyridine rings is 1. The van der Waals surface area contributed by atoms with Crippen LogP contribution in [-0.4, -0.2) is 15.0 Å². The number of nitrogens with zero attached hydrogens (tertiary/aromatic N) is 2. The molecule has 0 fully saturated rings. The Hall–Kier alpha value is -0.900. The fourth-order valence-electron chi connectivity index (χ4n) is 1.00. The lowest BCUT2D eigenvalue weighted by molar-refractivity contribution is -0.390. The number of halogens is 3. The van der Waals surface area contributed by atoms with Crippen LogP contribution in [0.1, 0.15) is 17.6 Å². The molecule has 0 radical (unpaired) electrons. The summed E-state index contributed by atoms with van der Waals surface area (Å²) in [6.07, 6.45) is -2.09. The molecule has 5 nitrogen and oxygen atoms in total. The lowest BCUT2D eigenvalue weighted by Gasteiger charge is -2.06. The van der Waals surface area contributed by atoms with Crippen molar-refractivity contribution in [1.82, 2.24) is 4.98 Å². The van der Waals surface area contributed by atoms with Gasteiger partial charge >= 0.3 is 5.82 Å². The van der Waals surface area contributed by atoms with E-state index in [1.165, 1.54) is 22.6 Å². The Kier molecular flexibility index (Phi) is 3.85. The van der Waals surface area contributed by atoms with E-state index in [0.29, 0.717) is 0 Å². The van der Waals surface area contributed by atoms with Crippen LogP contribution in [0.25, 0.3) is 0 Å². The van der Waals surface area contributed by atoms with E-state index in [9.17, 15) is 18.9 Å². The third-order valence-electron chi connectivity index (χ3n) is 1.70. The van der Waals surface area contributed by atoms with Gasteiger partial charge in [-0.2, -0.15) is 0 Å². The summed E-state index contributed by atoms with van der Waals surface area (Å²) in [5.74, 6) is -0.524. The topological polar surface area (TPSA) is 76.3 Å². The van der Waals surface area contributed by atoms with E-state index >= 15 is 0 Å². The average molecular weight is 330 g/mol. The van der Waals surface area contributed by atoms with Gasteiger partial charge in [0.25, 0.3) is 6.43 Å². The summed E-state index contributed by atoms with van der Waals surface area (Å²) in [7, 11) is 0. The largest absolute Gasteiger partial charge is 0.392 e. The van der Waals surface area contributed by atoms with Crippen molar-refractivity contribution >= 4 is 28.4 Å². The van der Waals surface area contributed by atoms with E-state index in [0.717, 1.165) is 6.20 Å². The lowest BCUT2D eigenvalue weighted by atomic mass is 10.1. The first-order valence-electron chi connectivity index (χ1n) is 3.69. The van der Waals surface area contributed by atoms with E-state index in [1.807, 2.05) is 0 Å². The van der Waals surface area contributed by atoms with Crippen LogP contribution in [0.15, 0.2) is 6.20 Å². The van der Waals surface area contributed by atoms with Crippen LogP contribution in [0.5, 0.6) is 0 Å². The van der Waals surface area contributed by atoms with E-state index in [-0.39, 0.29) is 9.13 Å². The molecule has 0 spiro atoms. The number of alkyl halides is 2. The smallest absolute Gasteiger partial charge is 0.377 e. The molecule has 0 amide bonds. The molecule has 0 aromatic carbocycles. The number of hydrogen-bond acceptors (Lipinski definition) is 4. The molecule has 8 heteroatoms. The zero-order valence-electron chi connectivity index (χ0n) is 7.15. The number of hydrogen-bond donors (Lipinski definition) is 1. The zero-order valence-corrected chi connectivity index (χ0v) is 9.31. The van der Waals surface area contributed by atoms with Gasteiger partial charge in [0.05, 0.1) is 12.2 Å². The Labute approximate surface area is 96.4 Å². The molecule has 0 aliphatic carbocycles. The lowest BCUT2D eigenvalue weighted by Crippen LogP contribution is -2.04. The van der Waals surface area contributed by atoms with Crippen LogP contribution in [0.2, 0.25) is 0 Å². The van der Waals surface area contributed by atoms with Gasteiger partial charge in [0, 0.05) is 5.56 Å². The molecule has 0 atom stereocenters. The number of aromatic nitrogens is 1. The highest BCUT2D eigenvalue weighted by atomic mass is 127. The SMILES string of the molecule is O=[N+]([O-])c1ncc(C(F)F)c(CO)c1I. The van der Waals surface area contributed by atoms with Crippen molar-refractivity contribution in [3.63, 3.8) is 0 Å². The predicted octanol–water partition coefficient (Wildman–Crippen LogP) is 2.02. The molecule has 0 aliphatic heterocycles. The third kappa shape index (κ3) is 2.37. The standard InChI is InChI=1S/C7H5F2IN2O3/c8-6(9)3-1-11-7(12(14)15)5(10)4(3)2-13/h1,6,13H,2H2. The first-order valence-corrected chi connectivity index (χ1v) is 4.77. The number of aliphatic hydroxyl groups is 1. The predicted molar refractivity (Wildman–Crippen MR) is 54.5 cm³/mol. The Balaban J connectivity index is 3.39. The molecular weight excluding hydrogens is 325 g/mol. The first-order chi connectivity index (χ1) is 6.99. The van der Waals surface area contributed by atoms with Crippen molar-refractivity contribution in [2.45, 2.75) is 13.0 Å². The summed E-state index contributed by atoms with van der Waals surface area (Å²) >= 11 is 1.52. The van der Waals surface area contributed by atoms with Crippen molar-refractivity contribution in [3.8, 4) is 0 Å². The maximum absolute atomic E-state index is 12.4. The molecule has 1 aromatic heterocycles. The highest BCUT2D eigenvalue weighted by Crippen LogP contribution is 2.30. The van der Waals surface area contributed by atoms with E-state index in [1.54, 1.807) is 0 Å². The molecule has 1 rings (SSSR count). The van der Waals surface area contributed by atoms with Gasteiger partial charge in [0.1, 0.15) is 9.77 Å². The van der Waals surface area contributed by atoms with E-state index in [2.05, 4.69) is 4.98 Å². The van der Waals surface area contributed by atoms with Gasteiger partial charge in [-0.3, -0.25) is 0 Å². The van der Waals surface area contributed by atoms with Crippen LogP contribution in [0.3, 0.4) is 0 Å². The van der Waals surface area contributed by atoms with Crippen molar-refractivity contribution in [3.05, 3.63) is 31.0 Å². The normalized spacial score (nSPS) is 10.7. The Bertz CT molecular complexity index is 400. The minimum atomic E-state index is -2.81. The number of rotatable bonds is 3. The van der Waals surface area contributed by atoms with Gasteiger partial charge in [-0.25, -0.2) is 8.78 Å². The number of aliphatic hydroxyl groups excluding tert-OH is 1. The summed E-state index contributed by atoms with van der Waals surface area (Å²) in [6, 6.07) is 0. The fraction of sp³-hybridized carbons (Fsp3) is 0.286. The summed E-state index contributed by atoms with van der Waals surface area (Å²) in [5, 5.41) is 19.3. The monoisotopic (exact) mass is 330 g/mol. The van der Waals surface area contributed by atoms with Crippen LogP contribution in [0, 0.1) is 13.7 Å². The Morgan fingerprint density at radius 3 is 2.67 bits per heavy atom. The van der Waals surface area contributed by atoms with Crippen molar-refractivity contribution in [2.75, 3.05) is 0 Å². The van der Waals surface area contributed by atoms with Gasteiger partial charge in [-0.15, -0.1) is 0 Å². The second-order valence-electron chi connectivity index (χ2n) is 2.55. The van der Waals surface area contributed by atoms with Gasteiger partial charge < -0.3 is 15.2 Å². The minimum Gasteiger partial charge on any atom is -0.392 e. The Morgan fingerprint density at radius 2 is 2.27 bits per heavy atom. The van der Waals surface area contributed by atoms with Crippen LogP contribution in [-0.2, 0) is 6.61 Å². The highest BCUT2D eigenvalue weighted by Gasteiger charge is 2.24. The molecule has 1 heterocycles. The number of nitro groups is 1. The highest BCUT2D eigenvalue weighted by molar-refractivity contribution is 14.1. The molecule has 0 bridgehead atoms. The van der Waals surface area contributed by atoms with Crippen molar-refractivity contribution < 1.29 is 18.8 Å². The molecule has 0 aliphatic rings. The van der Waals surface area contributed by atoms with E-state index < -0.39 is 29.3 Å². The summed E-state index contributed by atoms with van der Waals surface area (Å²) in [5.41, 5.74) is -0.625. The maximum Gasteiger partial charge on any atom is 0.377 e. The quantitative estimate of drug-likeness (QED) is 0.523. The van der Waals surface area contributed by atoms with E-state index in [4.69, 9.17) is 5.11 Å². The van der Waals surface area contributed by atoms with Gasteiger partial charge in [0.15, 0.2) is 0 Å². The van der Waals surface area contributed by atoms with Crippen LogP contribution >= 0.6 is 22.6 Å². The molecule has 1 aromatic rings.